The molecule has 2 aliphatic rings. The number of rotatable bonds is 2. The van der Waals surface area contributed by atoms with Gasteiger partial charge in [0.15, 0.2) is 0 Å². The maximum atomic E-state index is 13.8. The van der Waals surface area contributed by atoms with Crippen LogP contribution in [-0.4, -0.2) is 46.2 Å². The molecule has 4 rings (SSSR count). The topological polar surface area (TPSA) is 53.5 Å². The van der Waals surface area contributed by atoms with Crippen molar-refractivity contribution in [2.24, 2.45) is 11.8 Å². The molecule has 5 nitrogen and oxygen atoms in total. The maximum Gasteiger partial charge on any atom is 0.272 e. The molecule has 2 amide bonds. The van der Waals surface area contributed by atoms with Crippen LogP contribution in [0.1, 0.15) is 29.0 Å². The predicted molar refractivity (Wildman–Crippen MR) is 98.7 cm³/mol. The van der Waals surface area contributed by atoms with Gasteiger partial charge in [-0.25, -0.2) is 9.37 Å². The van der Waals surface area contributed by atoms with Crippen LogP contribution < -0.4 is 0 Å². The average molecular weight is 388 g/mol. The number of nitrogens with zero attached hydrogens (tertiary/aromatic N) is 3. The summed E-state index contributed by atoms with van der Waals surface area (Å²) in [6, 6.07) is 9.41. The van der Waals surface area contributed by atoms with E-state index >= 15 is 0 Å². The molecular formula is C20H19ClFN3O2. The molecule has 0 N–H and O–H groups in total. The summed E-state index contributed by atoms with van der Waals surface area (Å²) in [6.07, 6.45) is 1.46. The van der Waals surface area contributed by atoms with E-state index in [0.29, 0.717) is 30.4 Å². The highest BCUT2D eigenvalue weighted by Gasteiger charge is 2.49. The average Bonchev–Trinajstić information content (AvgIpc) is 3.19. The number of pyridine rings is 1. The number of carbonyl (C=O) groups excluding carboxylic acids is 2. The van der Waals surface area contributed by atoms with Gasteiger partial charge in [-0.3, -0.25) is 9.59 Å². The van der Waals surface area contributed by atoms with Crippen LogP contribution in [0.2, 0.25) is 5.02 Å². The molecule has 0 bridgehead atoms. The van der Waals surface area contributed by atoms with Crippen molar-refractivity contribution in [3.05, 3.63) is 64.7 Å². The summed E-state index contributed by atoms with van der Waals surface area (Å²) >= 11 is 5.84. The number of hydrogen-bond donors (Lipinski definition) is 0. The fourth-order valence-corrected chi connectivity index (χ4v) is 4.43. The molecule has 0 spiro atoms. The van der Waals surface area contributed by atoms with Crippen LogP contribution in [0.15, 0.2) is 42.6 Å². The van der Waals surface area contributed by atoms with Gasteiger partial charge in [-0.15, -0.1) is 0 Å². The van der Waals surface area contributed by atoms with Crippen molar-refractivity contribution >= 4 is 23.4 Å². The van der Waals surface area contributed by atoms with Gasteiger partial charge in [0.25, 0.3) is 5.91 Å². The van der Waals surface area contributed by atoms with Gasteiger partial charge in [0.05, 0.1) is 11.1 Å². The minimum Gasteiger partial charge on any atom is -0.337 e. The summed E-state index contributed by atoms with van der Waals surface area (Å²) in [5, 5.41) is 0.480. The Balaban J connectivity index is 1.59. The van der Waals surface area contributed by atoms with Gasteiger partial charge in [0, 0.05) is 44.6 Å². The first-order valence-electron chi connectivity index (χ1n) is 8.87. The Morgan fingerprint density at radius 1 is 1.19 bits per heavy atom. The fraction of sp³-hybridized carbons (Fsp3) is 0.350. The molecule has 3 atom stereocenters. The number of halogens is 2. The van der Waals surface area contributed by atoms with Gasteiger partial charge >= 0.3 is 0 Å². The monoisotopic (exact) mass is 387 g/mol. The van der Waals surface area contributed by atoms with E-state index in [-0.39, 0.29) is 35.5 Å². The van der Waals surface area contributed by atoms with Crippen LogP contribution in [0.3, 0.4) is 0 Å². The van der Waals surface area contributed by atoms with E-state index in [1.807, 2.05) is 6.07 Å². The lowest BCUT2D eigenvalue weighted by Crippen LogP contribution is -2.36. The Kier molecular flexibility index (Phi) is 4.60. The molecule has 2 aromatic rings. The minimum absolute atomic E-state index is 0.0316. The van der Waals surface area contributed by atoms with Crippen LogP contribution in [0, 0.1) is 17.7 Å². The minimum atomic E-state index is -0.323. The molecule has 0 saturated carbocycles. The highest BCUT2D eigenvalue weighted by molar-refractivity contribution is 6.30. The summed E-state index contributed by atoms with van der Waals surface area (Å²) in [6.45, 7) is 3.18. The van der Waals surface area contributed by atoms with Gasteiger partial charge in [-0.05, 0) is 29.8 Å². The van der Waals surface area contributed by atoms with Gasteiger partial charge in [-0.2, -0.15) is 0 Å². The van der Waals surface area contributed by atoms with Gasteiger partial charge < -0.3 is 9.80 Å². The van der Waals surface area contributed by atoms with E-state index in [9.17, 15) is 14.0 Å². The first-order chi connectivity index (χ1) is 12.9. The number of benzene rings is 1. The number of aromatic nitrogens is 1. The quantitative estimate of drug-likeness (QED) is 0.795. The largest absolute Gasteiger partial charge is 0.337 e. The molecule has 2 aliphatic heterocycles. The van der Waals surface area contributed by atoms with Crippen molar-refractivity contribution in [2.75, 3.05) is 19.6 Å². The van der Waals surface area contributed by atoms with Crippen molar-refractivity contribution in [1.82, 2.24) is 14.8 Å². The smallest absolute Gasteiger partial charge is 0.272 e. The number of likely N-dealkylation sites (tertiary alicyclic amines) is 2. The normalized spacial score (nSPS) is 24.2. The third-order valence-electron chi connectivity index (χ3n) is 5.49. The Morgan fingerprint density at radius 2 is 2.00 bits per heavy atom. The second-order valence-corrected chi connectivity index (χ2v) is 7.60. The number of amides is 2. The van der Waals surface area contributed by atoms with Gasteiger partial charge in [0.2, 0.25) is 5.91 Å². The zero-order valence-corrected chi connectivity index (χ0v) is 15.6. The number of hydrogen-bond acceptors (Lipinski definition) is 3. The molecule has 1 aromatic heterocycles. The molecule has 7 heteroatoms. The molecule has 2 fully saturated rings. The van der Waals surface area contributed by atoms with Gasteiger partial charge in [-0.1, -0.05) is 23.7 Å². The van der Waals surface area contributed by atoms with Crippen molar-refractivity contribution in [3.8, 4) is 0 Å². The van der Waals surface area contributed by atoms with E-state index in [4.69, 9.17) is 11.6 Å². The SMILES string of the molecule is CC(=O)N1C[C@H]2CN(C(=O)c3ccc(Cl)cn3)C[C@H]2[C@H]1c1cccc(F)c1. The van der Waals surface area contributed by atoms with Crippen LogP contribution in [0.4, 0.5) is 4.39 Å². The lowest BCUT2D eigenvalue weighted by molar-refractivity contribution is -0.130. The van der Waals surface area contributed by atoms with Crippen molar-refractivity contribution in [2.45, 2.75) is 13.0 Å². The van der Waals surface area contributed by atoms with Crippen LogP contribution >= 0.6 is 11.6 Å². The third-order valence-corrected chi connectivity index (χ3v) is 5.72. The van der Waals surface area contributed by atoms with Crippen molar-refractivity contribution in [3.63, 3.8) is 0 Å². The van der Waals surface area contributed by atoms with E-state index in [1.165, 1.54) is 25.3 Å². The highest BCUT2D eigenvalue weighted by Crippen LogP contribution is 2.45. The molecule has 0 aliphatic carbocycles. The Bertz CT molecular complexity index is 889. The van der Waals surface area contributed by atoms with Crippen molar-refractivity contribution < 1.29 is 14.0 Å². The van der Waals surface area contributed by atoms with Crippen LogP contribution in [0.5, 0.6) is 0 Å². The molecule has 2 saturated heterocycles. The van der Waals surface area contributed by atoms with E-state index in [1.54, 1.807) is 28.0 Å². The molecule has 0 unspecified atom stereocenters. The summed E-state index contributed by atoms with van der Waals surface area (Å²) in [5.41, 5.74) is 1.13. The Morgan fingerprint density at radius 3 is 2.67 bits per heavy atom. The number of fused-ring (bicyclic) bond motifs is 1. The van der Waals surface area contributed by atoms with Crippen molar-refractivity contribution in [1.29, 1.82) is 0 Å². The molecule has 0 radical (unpaired) electrons. The summed E-state index contributed by atoms with van der Waals surface area (Å²) in [4.78, 5) is 32.6. The van der Waals surface area contributed by atoms with Crippen LogP contribution in [-0.2, 0) is 4.79 Å². The van der Waals surface area contributed by atoms with E-state index in [0.717, 1.165) is 5.56 Å². The third kappa shape index (κ3) is 3.30. The second-order valence-electron chi connectivity index (χ2n) is 7.17. The fourth-order valence-electron chi connectivity index (χ4n) is 4.32. The number of carbonyl (C=O) groups is 2. The molecule has 3 heterocycles. The predicted octanol–water partition coefficient (Wildman–Crippen LogP) is 3.17. The lowest BCUT2D eigenvalue weighted by Gasteiger charge is -2.29. The lowest BCUT2D eigenvalue weighted by atomic mass is 9.89. The first-order valence-corrected chi connectivity index (χ1v) is 9.25. The maximum absolute atomic E-state index is 13.8. The summed E-state index contributed by atoms with van der Waals surface area (Å²) in [5.74, 6) is -0.259. The van der Waals surface area contributed by atoms with E-state index < -0.39 is 0 Å². The molecular weight excluding hydrogens is 369 g/mol. The zero-order chi connectivity index (χ0) is 19.1. The Labute approximate surface area is 161 Å². The summed E-state index contributed by atoms with van der Waals surface area (Å²) < 4.78 is 13.8. The second kappa shape index (κ2) is 6.93. The molecule has 27 heavy (non-hydrogen) atoms. The summed E-state index contributed by atoms with van der Waals surface area (Å²) in [7, 11) is 0. The van der Waals surface area contributed by atoms with E-state index in [2.05, 4.69) is 4.98 Å². The highest BCUT2D eigenvalue weighted by atomic mass is 35.5. The molecule has 140 valence electrons. The van der Waals surface area contributed by atoms with Crippen LogP contribution in [0.25, 0.3) is 0 Å². The standard InChI is InChI=1S/C20H19ClFN3O2/c1-12(26)25-10-14-9-24(20(27)18-6-5-15(21)8-23-18)11-17(14)19(25)13-3-2-4-16(22)7-13/h2-8,14,17,19H,9-11H2,1H3/t14-,17-,19-/m1/s1. The molecule has 1 aromatic carbocycles. The Hall–Kier alpha value is -2.47. The first kappa shape index (κ1) is 17.9. The van der Waals surface area contributed by atoms with Gasteiger partial charge in [0.1, 0.15) is 11.5 Å². The zero-order valence-electron chi connectivity index (χ0n) is 14.8.